The predicted octanol–water partition coefficient (Wildman–Crippen LogP) is 2.73. The quantitative estimate of drug-likeness (QED) is 0.224. The molecule has 1 aliphatic carbocycles. The number of fused-ring (bicyclic) bond motifs is 2. The maximum absolute atomic E-state index is 12.6. The third kappa shape index (κ3) is 4.52. The number of furan rings is 1. The fourth-order valence-corrected chi connectivity index (χ4v) is 3.21. The Bertz CT molecular complexity index is 1050. The highest BCUT2D eigenvalue weighted by Crippen LogP contribution is 2.30. The molecule has 0 bridgehead atoms. The highest BCUT2D eigenvalue weighted by molar-refractivity contribution is 6.28. The number of rotatable bonds is 8. The second-order valence-electron chi connectivity index (χ2n) is 7.94. The van der Waals surface area contributed by atoms with Gasteiger partial charge in [-0.15, -0.1) is 0 Å². The molecule has 0 saturated heterocycles. The van der Waals surface area contributed by atoms with Crippen LogP contribution in [0.1, 0.15) is 69.8 Å². The first-order chi connectivity index (χ1) is 15.0. The van der Waals surface area contributed by atoms with E-state index < -0.39 is 47.4 Å². The van der Waals surface area contributed by atoms with Gasteiger partial charge in [-0.05, 0) is 19.9 Å². The fourth-order valence-electron chi connectivity index (χ4n) is 3.21. The summed E-state index contributed by atoms with van der Waals surface area (Å²) in [5, 5.41) is 0. The lowest BCUT2D eigenvalue weighted by Gasteiger charge is -2.23. The van der Waals surface area contributed by atoms with Gasteiger partial charge in [-0.1, -0.05) is 24.3 Å². The molecule has 1 aliphatic rings. The second kappa shape index (κ2) is 8.88. The molecule has 1 heterocycles. The second-order valence-corrected chi connectivity index (χ2v) is 7.94. The van der Waals surface area contributed by atoms with Crippen LogP contribution in [0.2, 0.25) is 0 Å². The summed E-state index contributed by atoms with van der Waals surface area (Å²) in [5.41, 5.74) is -0.580. The summed E-state index contributed by atoms with van der Waals surface area (Å²) in [4.78, 5) is 61.9. The van der Waals surface area contributed by atoms with E-state index in [2.05, 4.69) is 0 Å². The van der Waals surface area contributed by atoms with Gasteiger partial charge in [-0.3, -0.25) is 24.0 Å². The van der Waals surface area contributed by atoms with Crippen LogP contribution in [-0.4, -0.2) is 49.3 Å². The van der Waals surface area contributed by atoms with Crippen LogP contribution < -0.4 is 0 Å². The average molecular weight is 442 g/mol. The van der Waals surface area contributed by atoms with Crippen molar-refractivity contribution >= 4 is 29.3 Å². The van der Waals surface area contributed by atoms with E-state index >= 15 is 0 Å². The number of carbonyl (C=O) groups is 5. The molecular weight excluding hydrogens is 420 g/mol. The van der Waals surface area contributed by atoms with Gasteiger partial charge in [0.2, 0.25) is 17.9 Å². The van der Waals surface area contributed by atoms with Crippen LogP contribution >= 0.6 is 0 Å². The number of hydrogen-bond donors (Lipinski definition) is 0. The molecule has 0 radical (unpaired) electrons. The Morgan fingerprint density at radius 1 is 1.00 bits per heavy atom. The third-order valence-electron chi connectivity index (χ3n) is 4.81. The van der Waals surface area contributed by atoms with Crippen molar-refractivity contribution in [2.24, 2.45) is 5.41 Å². The number of methoxy groups -OCH3 is 1. The number of carbonyl (C=O) groups excluding carboxylic acids is 5. The molecule has 32 heavy (non-hydrogen) atoms. The molecule has 0 amide bonds. The molecule has 0 aliphatic heterocycles. The Kier molecular flexibility index (Phi) is 6.40. The van der Waals surface area contributed by atoms with Gasteiger partial charge in [-0.25, -0.2) is 0 Å². The minimum absolute atomic E-state index is 0.0342. The zero-order chi connectivity index (χ0) is 23.6. The van der Waals surface area contributed by atoms with Crippen molar-refractivity contribution in [3.63, 3.8) is 0 Å². The molecule has 1 atom stereocenters. The van der Waals surface area contributed by atoms with Crippen molar-refractivity contribution < 1.29 is 42.6 Å². The van der Waals surface area contributed by atoms with Crippen LogP contribution in [0.25, 0.3) is 0 Å². The van der Waals surface area contributed by atoms with Gasteiger partial charge >= 0.3 is 11.9 Å². The molecule has 9 nitrogen and oxygen atoms in total. The maximum Gasteiger partial charge on any atom is 0.316 e. The molecule has 1 aromatic carbocycles. The Hall–Kier alpha value is -3.59. The lowest BCUT2D eigenvalue weighted by atomic mass is 9.88. The number of ether oxygens (including phenoxy) is 3. The SMILES string of the molecule is COCC(C)(C)C(=O)OC(C)OC(=O)CC(=O)c1cc2c(o1)C(=O)c1ccccc1C2=O. The van der Waals surface area contributed by atoms with Gasteiger partial charge in [0, 0.05) is 25.2 Å². The van der Waals surface area contributed by atoms with E-state index in [1.807, 2.05) is 0 Å². The minimum atomic E-state index is -1.23. The summed E-state index contributed by atoms with van der Waals surface area (Å²) in [5.74, 6) is -3.90. The van der Waals surface area contributed by atoms with Crippen LogP contribution in [-0.2, 0) is 23.8 Å². The summed E-state index contributed by atoms with van der Waals surface area (Å²) in [7, 11) is 1.44. The maximum atomic E-state index is 12.6. The first-order valence-corrected chi connectivity index (χ1v) is 9.80. The average Bonchev–Trinajstić information content (AvgIpc) is 3.18. The molecule has 3 rings (SSSR count). The smallest absolute Gasteiger partial charge is 0.316 e. The van der Waals surface area contributed by atoms with Crippen molar-refractivity contribution in [3.05, 3.63) is 58.5 Å². The number of ketones is 3. The van der Waals surface area contributed by atoms with Crippen molar-refractivity contribution in [2.75, 3.05) is 13.7 Å². The lowest BCUT2D eigenvalue weighted by Crippen LogP contribution is -2.34. The van der Waals surface area contributed by atoms with Gasteiger partial charge < -0.3 is 18.6 Å². The van der Waals surface area contributed by atoms with E-state index in [9.17, 15) is 24.0 Å². The van der Waals surface area contributed by atoms with Gasteiger partial charge in [0.1, 0.15) is 6.42 Å². The van der Waals surface area contributed by atoms with Gasteiger partial charge in [0.05, 0.1) is 17.6 Å². The molecule has 9 heteroatoms. The predicted molar refractivity (Wildman–Crippen MR) is 108 cm³/mol. The third-order valence-corrected chi connectivity index (χ3v) is 4.81. The first kappa shape index (κ1) is 23.1. The van der Waals surface area contributed by atoms with Crippen LogP contribution in [0.3, 0.4) is 0 Å². The molecule has 0 fully saturated rings. The van der Waals surface area contributed by atoms with Gasteiger partial charge in [0.15, 0.2) is 17.3 Å². The van der Waals surface area contributed by atoms with Crippen molar-refractivity contribution in [2.45, 2.75) is 33.5 Å². The lowest BCUT2D eigenvalue weighted by molar-refractivity contribution is -0.192. The first-order valence-electron chi connectivity index (χ1n) is 9.80. The number of esters is 2. The zero-order valence-corrected chi connectivity index (χ0v) is 18.1. The highest BCUT2D eigenvalue weighted by atomic mass is 16.7. The van der Waals surface area contributed by atoms with Crippen molar-refractivity contribution in [1.82, 2.24) is 0 Å². The van der Waals surface area contributed by atoms with Crippen LogP contribution in [0.5, 0.6) is 0 Å². The van der Waals surface area contributed by atoms with E-state index in [1.165, 1.54) is 26.2 Å². The van der Waals surface area contributed by atoms with E-state index in [0.29, 0.717) is 0 Å². The monoisotopic (exact) mass is 442 g/mol. The highest BCUT2D eigenvalue weighted by Gasteiger charge is 2.35. The van der Waals surface area contributed by atoms with Crippen LogP contribution in [0.4, 0.5) is 0 Å². The minimum Gasteiger partial charge on any atom is -0.449 e. The van der Waals surface area contributed by atoms with Gasteiger partial charge in [-0.2, -0.15) is 0 Å². The largest absolute Gasteiger partial charge is 0.449 e. The summed E-state index contributed by atoms with van der Waals surface area (Å²) >= 11 is 0. The Balaban J connectivity index is 1.65. The molecule has 0 spiro atoms. The molecule has 1 unspecified atom stereocenters. The number of benzene rings is 1. The van der Waals surface area contributed by atoms with Crippen LogP contribution in [0.15, 0.2) is 34.7 Å². The molecule has 0 N–H and O–H groups in total. The summed E-state index contributed by atoms with van der Waals surface area (Å²) in [6.45, 7) is 4.66. The Morgan fingerprint density at radius 2 is 1.62 bits per heavy atom. The summed E-state index contributed by atoms with van der Waals surface area (Å²) in [6, 6.07) is 7.40. The van der Waals surface area contributed by atoms with E-state index in [0.717, 1.165) is 6.07 Å². The standard InChI is InChI=1S/C23H22O9/c1-12(31-22(28)23(2,3)11-29-4)30-18(25)10-16(24)17-9-15-19(26)13-7-5-6-8-14(13)20(27)21(15)32-17/h5-9,12H,10-11H2,1-4H3. The van der Waals surface area contributed by atoms with E-state index in [4.69, 9.17) is 18.6 Å². The fraction of sp³-hybridized carbons (Fsp3) is 0.348. The molecule has 0 saturated carbocycles. The van der Waals surface area contributed by atoms with Crippen LogP contribution in [0, 0.1) is 5.41 Å². The number of Topliss-reactive ketones (excluding diaryl/α,β-unsaturated/α-hetero) is 1. The topological polar surface area (TPSA) is 126 Å². The Morgan fingerprint density at radius 3 is 2.25 bits per heavy atom. The molecule has 2 aromatic rings. The van der Waals surface area contributed by atoms with E-state index in [-0.39, 0.29) is 34.8 Å². The van der Waals surface area contributed by atoms with Crippen molar-refractivity contribution in [1.29, 1.82) is 0 Å². The Labute approximate surface area is 183 Å². The zero-order valence-electron chi connectivity index (χ0n) is 18.1. The summed E-state index contributed by atoms with van der Waals surface area (Å²) < 4.78 is 20.3. The van der Waals surface area contributed by atoms with E-state index in [1.54, 1.807) is 26.0 Å². The van der Waals surface area contributed by atoms with Crippen molar-refractivity contribution in [3.8, 4) is 0 Å². The van der Waals surface area contributed by atoms with Gasteiger partial charge in [0.25, 0.3) is 0 Å². The molecule has 168 valence electrons. The number of hydrogen-bond acceptors (Lipinski definition) is 9. The normalized spacial score (nSPS) is 13.8. The molecular formula is C23H22O9. The summed E-state index contributed by atoms with van der Waals surface area (Å²) in [6.07, 6.45) is -1.97. The molecule has 1 aromatic heterocycles.